The van der Waals surface area contributed by atoms with Crippen LogP contribution in [0.5, 0.6) is 0 Å². The van der Waals surface area contributed by atoms with Crippen LogP contribution in [0.1, 0.15) is 0 Å². The Hall–Kier alpha value is -2.19. The van der Waals surface area contributed by atoms with E-state index in [-0.39, 0.29) is 0 Å². The zero-order valence-corrected chi connectivity index (χ0v) is 12.6. The minimum absolute atomic E-state index is 1.20. The summed E-state index contributed by atoms with van der Waals surface area (Å²) in [5, 5.41) is 2.63. The fraction of sp³-hybridized carbons (Fsp3) is 0.0526. The smallest absolute Gasteiger partial charge is 0.0482 e. The van der Waals surface area contributed by atoms with Crippen LogP contribution in [0.25, 0.3) is 32.9 Å². The SMILES string of the molecule is CSc1cc(-c2ccccc2)cc2[nH]c3ccccc3c12. The maximum Gasteiger partial charge on any atom is 0.0482 e. The van der Waals surface area contributed by atoms with Crippen molar-refractivity contribution >= 4 is 33.6 Å². The zero-order valence-electron chi connectivity index (χ0n) is 11.8. The maximum absolute atomic E-state index is 3.55. The minimum Gasteiger partial charge on any atom is -0.354 e. The number of para-hydroxylation sites is 1. The van der Waals surface area contributed by atoms with Gasteiger partial charge >= 0.3 is 0 Å². The predicted molar refractivity (Wildman–Crippen MR) is 93.0 cm³/mol. The molecular formula is C19H15NS. The van der Waals surface area contributed by atoms with Gasteiger partial charge < -0.3 is 4.98 Å². The van der Waals surface area contributed by atoms with Crippen LogP contribution in [0.2, 0.25) is 0 Å². The first-order chi connectivity index (χ1) is 10.4. The molecular weight excluding hydrogens is 274 g/mol. The summed E-state index contributed by atoms with van der Waals surface area (Å²) in [6, 6.07) is 23.6. The molecule has 0 fully saturated rings. The number of thioether (sulfide) groups is 1. The first-order valence-electron chi connectivity index (χ1n) is 7.01. The predicted octanol–water partition coefficient (Wildman–Crippen LogP) is 5.71. The molecule has 0 saturated heterocycles. The van der Waals surface area contributed by atoms with Crippen molar-refractivity contribution in [1.82, 2.24) is 4.98 Å². The van der Waals surface area contributed by atoms with E-state index in [1.54, 1.807) is 11.8 Å². The van der Waals surface area contributed by atoms with Crippen molar-refractivity contribution < 1.29 is 0 Å². The van der Waals surface area contributed by atoms with Crippen LogP contribution >= 0.6 is 11.8 Å². The molecule has 102 valence electrons. The number of hydrogen-bond acceptors (Lipinski definition) is 1. The molecule has 0 bridgehead atoms. The molecule has 2 heteroatoms. The van der Waals surface area contributed by atoms with Gasteiger partial charge in [-0.15, -0.1) is 11.8 Å². The molecule has 0 aliphatic heterocycles. The van der Waals surface area contributed by atoms with E-state index in [1.165, 1.54) is 37.8 Å². The topological polar surface area (TPSA) is 15.8 Å². The van der Waals surface area contributed by atoms with Gasteiger partial charge in [0.2, 0.25) is 0 Å². The summed E-state index contributed by atoms with van der Waals surface area (Å²) in [6.07, 6.45) is 2.14. The van der Waals surface area contributed by atoms with Gasteiger partial charge in [0.1, 0.15) is 0 Å². The largest absolute Gasteiger partial charge is 0.354 e. The van der Waals surface area contributed by atoms with E-state index in [0.717, 1.165) is 0 Å². The summed E-state index contributed by atoms with van der Waals surface area (Å²) in [4.78, 5) is 4.87. The van der Waals surface area contributed by atoms with Crippen LogP contribution in [0.3, 0.4) is 0 Å². The van der Waals surface area contributed by atoms with Crippen LogP contribution in [0.15, 0.2) is 71.6 Å². The van der Waals surface area contributed by atoms with Gasteiger partial charge in [0.15, 0.2) is 0 Å². The van der Waals surface area contributed by atoms with Crippen molar-refractivity contribution in [2.75, 3.05) is 6.26 Å². The standard InChI is InChI=1S/C19H15NS/c1-21-18-12-14(13-7-3-2-4-8-13)11-17-19(18)15-9-5-6-10-16(15)20-17/h2-12,20H,1H3. The Morgan fingerprint density at radius 2 is 1.52 bits per heavy atom. The normalized spacial score (nSPS) is 11.3. The summed E-state index contributed by atoms with van der Waals surface area (Å²) < 4.78 is 0. The average Bonchev–Trinajstić information content (AvgIpc) is 2.93. The highest BCUT2D eigenvalue weighted by molar-refractivity contribution is 7.98. The van der Waals surface area contributed by atoms with Crippen LogP contribution in [-0.2, 0) is 0 Å². The number of benzene rings is 3. The number of rotatable bonds is 2. The lowest BCUT2D eigenvalue weighted by Gasteiger charge is -2.06. The first-order valence-corrected chi connectivity index (χ1v) is 8.23. The first kappa shape index (κ1) is 12.5. The number of H-pyrrole nitrogens is 1. The molecule has 1 N–H and O–H groups in total. The fourth-order valence-corrected chi connectivity index (χ4v) is 3.57. The van der Waals surface area contributed by atoms with E-state index >= 15 is 0 Å². The lowest BCUT2D eigenvalue weighted by Crippen LogP contribution is -1.81. The van der Waals surface area contributed by atoms with Gasteiger partial charge in [0.05, 0.1) is 0 Å². The number of fused-ring (bicyclic) bond motifs is 3. The molecule has 4 aromatic rings. The van der Waals surface area contributed by atoms with E-state index in [4.69, 9.17) is 0 Å². The summed E-state index contributed by atoms with van der Waals surface area (Å²) >= 11 is 1.81. The maximum atomic E-state index is 3.55. The quantitative estimate of drug-likeness (QED) is 0.467. The summed E-state index contributed by atoms with van der Waals surface area (Å²) in [5.74, 6) is 0. The third kappa shape index (κ3) is 2.03. The molecule has 0 unspecified atom stereocenters. The van der Waals surface area contributed by atoms with E-state index < -0.39 is 0 Å². The van der Waals surface area contributed by atoms with Crippen LogP contribution in [-0.4, -0.2) is 11.2 Å². The second-order valence-electron chi connectivity index (χ2n) is 5.14. The summed E-state index contributed by atoms with van der Waals surface area (Å²) in [5.41, 5.74) is 4.93. The highest BCUT2D eigenvalue weighted by atomic mass is 32.2. The molecule has 1 nitrogen and oxygen atoms in total. The zero-order chi connectivity index (χ0) is 14.2. The molecule has 0 aliphatic rings. The van der Waals surface area contributed by atoms with Gasteiger partial charge in [-0.05, 0) is 35.6 Å². The van der Waals surface area contributed by atoms with Crippen molar-refractivity contribution in [3.8, 4) is 11.1 Å². The highest BCUT2D eigenvalue weighted by Gasteiger charge is 2.10. The molecule has 3 aromatic carbocycles. The van der Waals surface area contributed by atoms with E-state index in [9.17, 15) is 0 Å². The molecule has 1 aromatic heterocycles. The van der Waals surface area contributed by atoms with Crippen molar-refractivity contribution in [3.63, 3.8) is 0 Å². The molecule has 0 aliphatic carbocycles. The fourth-order valence-electron chi connectivity index (χ4n) is 2.91. The van der Waals surface area contributed by atoms with Crippen LogP contribution in [0.4, 0.5) is 0 Å². The third-order valence-corrected chi connectivity index (χ3v) is 4.66. The molecule has 0 spiro atoms. The van der Waals surface area contributed by atoms with Crippen molar-refractivity contribution in [2.24, 2.45) is 0 Å². The average molecular weight is 289 g/mol. The minimum atomic E-state index is 1.20. The lowest BCUT2D eigenvalue weighted by atomic mass is 10.0. The Balaban J connectivity index is 2.07. The van der Waals surface area contributed by atoms with E-state index in [1.807, 2.05) is 0 Å². The van der Waals surface area contributed by atoms with Gasteiger partial charge in [-0.3, -0.25) is 0 Å². The number of hydrogen-bond donors (Lipinski definition) is 1. The Kier molecular flexibility index (Phi) is 2.97. The van der Waals surface area contributed by atoms with Crippen molar-refractivity contribution in [2.45, 2.75) is 4.90 Å². The van der Waals surface area contributed by atoms with E-state index in [0.29, 0.717) is 0 Å². The molecule has 1 heterocycles. The Labute approximate surface area is 128 Å². The highest BCUT2D eigenvalue weighted by Crippen LogP contribution is 2.36. The third-order valence-electron chi connectivity index (χ3n) is 3.89. The second kappa shape index (κ2) is 4.97. The molecule has 0 atom stereocenters. The summed E-state index contributed by atoms with van der Waals surface area (Å²) in [6.45, 7) is 0. The molecule has 0 saturated carbocycles. The lowest BCUT2D eigenvalue weighted by molar-refractivity contribution is 1.50. The van der Waals surface area contributed by atoms with Gasteiger partial charge in [-0.25, -0.2) is 0 Å². The van der Waals surface area contributed by atoms with Crippen molar-refractivity contribution in [3.05, 3.63) is 66.7 Å². The van der Waals surface area contributed by atoms with E-state index in [2.05, 4.69) is 78.0 Å². The van der Waals surface area contributed by atoms with Crippen molar-refractivity contribution in [1.29, 1.82) is 0 Å². The molecule has 0 amide bonds. The Morgan fingerprint density at radius 3 is 2.33 bits per heavy atom. The second-order valence-corrected chi connectivity index (χ2v) is 5.99. The van der Waals surface area contributed by atoms with Gasteiger partial charge in [-0.2, -0.15) is 0 Å². The Bertz CT molecular complexity index is 922. The molecule has 21 heavy (non-hydrogen) atoms. The molecule has 0 radical (unpaired) electrons. The number of aromatic nitrogens is 1. The van der Waals surface area contributed by atoms with Gasteiger partial charge in [0, 0.05) is 26.7 Å². The number of aromatic amines is 1. The van der Waals surface area contributed by atoms with Crippen LogP contribution in [0, 0.1) is 0 Å². The summed E-state index contributed by atoms with van der Waals surface area (Å²) in [7, 11) is 0. The molecule has 4 rings (SSSR count). The van der Waals surface area contributed by atoms with Gasteiger partial charge in [0.25, 0.3) is 0 Å². The number of nitrogens with one attached hydrogen (secondary N) is 1. The van der Waals surface area contributed by atoms with Gasteiger partial charge in [-0.1, -0.05) is 48.5 Å². The van der Waals surface area contributed by atoms with Crippen LogP contribution < -0.4 is 0 Å². The monoisotopic (exact) mass is 289 g/mol. The Morgan fingerprint density at radius 1 is 0.762 bits per heavy atom.